The van der Waals surface area contributed by atoms with Crippen LogP contribution in [0.15, 0.2) is 61.4 Å². The van der Waals surface area contributed by atoms with E-state index in [4.69, 9.17) is 0 Å². The smallest absolute Gasteiger partial charge is 0.0845 e. The van der Waals surface area contributed by atoms with Crippen molar-refractivity contribution in [1.29, 1.82) is 0 Å². The summed E-state index contributed by atoms with van der Waals surface area (Å²) >= 11 is 0. The number of hydrogen-bond acceptors (Lipinski definition) is 2. The SMILES string of the molecule is C=C(CC(O)c1cccnc1)c1ccccc1. The lowest BCUT2D eigenvalue weighted by Gasteiger charge is -2.12. The highest BCUT2D eigenvalue weighted by atomic mass is 16.3. The van der Waals surface area contributed by atoms with Crippen LogP contribution >= 0.6 is 0 Å². The molecule has 1 heterocycles. The van der Waals surface area contributed by atoms with Crippen molar-refractivity contribution in [1.82, 2.24) is 4.98 Å². The van der Waals surface area contributed by atoms with Gasteiger partial charge in [0.25, 0.3) is 0 Å². The van der Waals surface area contributed by atoms with Crippen LogP contribution in [0, 0.1) is 0 Å². The lowest BCUT2D eigenvalue weighted by atomic mass is 9.98. The summed E-state index contributed by atoms with van der Waals surface area (Å²) in [5.41, 5.74) is 2.82. The molecule has 2 nitrogen and oxygen atoms in total. The Morgan fingerprint density at radius 3 is 2.59 bits per heavy atom. The van der Waals surface area contributed by atoms with E-state index in [1.165, 1.54) is 0 Å². The van der Waals surface area contributed by atoms with E-state index in [0.29, 0.717) is 6.42 Å². The summed E-state index contributed by atoms with van der Waals surface area (Å²) in [5.74, 6) is 0. The molecule has 0 spiro atoms. The first-order valence-corrected chi connectivity index (χ1v) is 5.58. The average molecular weight is 225 g/mol. The first-order chi connectivity index (χ1) is 8.27. The monoisotopic (exact) mass is 225 g/mol. The van der Waals surface area contributed by atoms with E-state index in [0.717, 1.165) is 16.7 Å². The Hall–Kier alpha value is -1.93. The van der Waals surface area contributed by atoms with Crippen molar-refractivity contribution in [3.05, 3.63) is 72.6 Å². The molecule has 2 heteroatoms. The Bertz CT molecular complexity index is 479. The lowest BCUT2D eigenvalue weighted by Crippen LogP contribution is -1.99. The highest BCUT2D eigenvalue weighted by Crippen LogP contribution is 2.25. The number of hydrogen-bond donors (Lipinski definition) is 1. The molecule has 0 fully saturated rings. The van der Waals surface area contributed by atoms with Crippen LogP contribution in [0.5, 0.6) is 0 Å². The summed E-state index contributed by atoms with van der Waals surface area (Å²) in [6.45, 7) is 4.01. The highest BCUT2D eigenvalue weighted by Gasteiger charge is 2.09. The van der Waals surface area contributed by atoms with Gasteiger partial charge < -0.3 is 5.11 Å². The molecule has 0 aliphatic rings. The van der Waals surface area contributed by atoms with Crippen LogP contribution in [0.2, 0.25) is 0 Å². The van der Waals surface area contributed by atoms with Gasteiger partial charge in [-0.05, 0) is 22.8 Å². The number of pyridine rings is 1. The molecular formula is C15H15NO. The average Bonchev–Trinajstić information content (AvgIpc) is 2.40. The minimum absolute atomic E-state index is 0.524. The van der Waals surface area contributed by atoms with E-state index in [9.17, 15) is 5.11 Å². The topological polar surface area (TPSA) is 33.1 Å². The van der Waals surface area contributed by atoms with Crippen LogP contribution in [0.3, 0.4) is 0 Å². The maximum Gasteiger partial charge on any atom is 0.0845 e. The molecule has 0 radical (unpaired) electrons. The second-order valence-corrected chi connectivity index (χ2v) is 3.98. The molecule has 1 atom stereocenters. The van der Waals surface area contributed by atoms with Gasteiger partial charge in [0.15, 0.2) is 0 Å². The number of aromatic nitrogens is 1. The van der Waals surface area contributed by atoms with Crippen molar-refractivity contribution in [3.63, 3.8) is 0 Å². The molecule has 0 saturated heterocycles. The molecule has 0 amide bonds. The minimum Gasteiger partial charge on any atom is -0.388 e. The second kappa shape index (κ2) is 5.41. The van der Waals surface area contributed by atoms with E-state index in [1.807, 2.05) is 42.5 Å². The molecule has 0 saturated carbocycles. The molecule has 86 valence electrons. The highest BCUT2D eigenvalue weighted by molar-refractivity contribution is 5.63. The normalized spacial score (nSPS) is 12.1. The van der Waals surface area contributed by atoms with Gasteiger partial charge in [0.05, 0.1) is 6.10 Å². The standard InChI is InChI=1S/C15H15NO/c1-12(13-6-3-2-4-7-13)10-15(17)14-8-5-9-16-11-14/h2-9,11,15,17H,1,10H2. The lowest BCUT2D eigenvalue weighted by molar-refractivity contribution is 0.183. The predicted molar refractivity (Wildman–Crippen MR) is 69.3 cm³/mol. The molecule has 0 aliphatic heterocycles. The molecule has 1 unspecified atom stereocenters. The largest absolute Gasteiger partial charge is 0.388 e. The molecular weight excluding hydrogens is 210 g/mol. The van der Waals surface area contributed by atoms with Gasteiger partial charge in [-0.1, -0.05) is 43.0 Å². The van der Waals surface area contributed by atoms with Gasteiger partial charge in [-0.25, -0.2) is 0 Å². The van der Waals surface area contributed by atoms with Gasteiger partial charge in [-0.2, -0.15) is 0 Å². The molecule has 2 aromatic rings. The maximum absolute atomic E-state index is 10.1. The fourth-order valence-electron chi connectivity index (χ4n) is 1.72. The molecule has 0 aliphatic carbocycles. The van der Waals surface area contributed by atoms with Crippen LogP contribution < -0.4 is 0 Å². The van der Waals surface area contributed by atoms with Crippen LogP contribution in [0.25, 0.3) is 5.57 Å². The van der Waals surface area contributed by atoms with Gasteiger partial charge >= 0.3 is 0 Å². The van der Waals surface area contributed by atoms with Crippen molar-refractivity contribution in [2.75, 3.05) is 0 Å². The van der Waals surface area contributed by atoms with Crippen molar-refractivity contribution in [2.45, 2.75) is 12.5 Å². The minimum atomic E-state index is -0.545. The van der Waals surface area contributed by atoms with Crippen LogP contribution in [-0.4, -0.2) is 10.1 Å². The second-order valence-electron chi connectivity index (χ2n) is 3.98. The molecule has 17 heavy (non-hydrogen) atoms. The van der Waals surface area contributed by atoms with Gasteiger partial charge in [0, 0.05) is 18.8 Å². The quantitative estimate of drug-likeness (QED) is 0.866. The van der Waals surface area contributed by atoms with Gasteiger partial charge in [-0.3, -0.25) is 4.98 Å². The number of rotatable bonds is 4. The summed E-state index contributed by atoms with van der Waals surface area (Å²) in [4.78, 5) is 4.00. The zero-order chi connectivity index (χ0) is 12.1. The van der Waals surface area contributed by atoms with E-state index in [-0.39, 0.29) is 0 Å². The zero-order valence-electron chi connectivity index (χ0n) is 9.58. The third-order valence-electron chi connectivity index (χ3n) is 2.69. The molecule has 0 bridgehead atoms. The van der Waals surface area contributed by atoms with Gasteiger partial charge in [-0.15, -0.1) is 0 Å². The number of nitrogens with zero attached hydrogens (tertiary/aromatic N) is 1. The number of aliphatic hydroxyl groups is 1. The fourth-order valence-corrected chi connectivity index (χ4v) is 1.72. The van der Waals surface area contributed by atoms with E-state index >= 15 is 0 Å². The van der Waals surface area contributed by atoms with Crippen LogP contribution in [-0.2, 0) is 0 Å². The van der Waals surface area contributed by atoms with Crippen molar-refractivity contribution >= 4 is 5.57 Å². The molecule has 1 aromatic heterocycles. The van der Waals surface area contributed by atoms with E-state index in [1.54, 1.807) is 12.4 Å². The third kappa shape index (κ3) is 3.02. The summed E-state index contributed by atoms with van der Waals surface area (Å²) in [6.07, 6.45) is 3.36. The summed E-state index contributed by atoms with van der Waals surface area (Å²) in [6, 6.07) is 13.6. The van der Waals surface area contributed by atoms with E-state index in [2.05, 4.69) is 11.6 Å². The van der Waals surface area contributed by atoms with Gasteiger partial charge in [0.1, 0.15) is 0 Å². The molecule has 1 aromatic carbocycles. The summed E-state index contributed by atoms with van der Waals surface area (Å²) in [7, 11) is 0. The number of aliphatic hydroxyl groups excluding tert-OH is 1. The third-order valence-corrected chi connectivity index (χ3v) is 2.69. The van der Waals surface area contributed by atoms with Crippen molar-refractivity contribution in [3.8, 4) is 0 Å². The van der Waals surface area contributed by atoms with Gasteiger partial charge in [0.2, 0.25) is 0 Å². The first-order valence-electron chi connectivity index (χ1n) is 5.58. The summed E-state index contributed by atoms with van der Waals surface area (Å²) in [5, 5.41) is 10.1. The molecule has 1 N–H and O–H groups in total. The number of benzene rings is 1. The van der Waals surface area contributed by atoms with Crippen LogP contribution in [0.4, 0.5) is 0 Å². The predicted octanol–water partition coefficient (Wildman–Crippen LogP) is 3.22. The summed E-state index contributed by atoms with van der Waals surface area (Å²) < 4.78 is 0. The maximum atomic E-state index is 10.1. The van der Waals surface area contributed by atoms with Crippen molar-refractivity contribution in [2.24, 2.45) is 0 Å². The first kappa shape index (κ1) is 11.6. The Morgan fingerprint density at radius 2 is 1.94 bits per heavy atom. The molecule has 2 rings (SSSR count). The van der Waals surface area contributed by atoms with Crippen molar-refractivity contribution < 1.29 is 5.11 Å². The fraction of sp³-hybridized carbons (Fsp3) is 0.133. The zero-order valence-corrected chi connectivity index (χ0v) is 9.58. The van der Waals surface area contributed by atoms with Crippen LogP contribution in [0.1, 0.15) is 23.7 Å². The Kier molecular flexibility index (Phi) is 3.68. The Morgan fingerprint density at radius 1 is 1.18 bits per heavy atom. The Balaban J connectivity index is 2.05. The van der Waals surface area contributed by atoms with E-state index < -0.39 is 6.10 Å². The Labute approximate surface area is 101 Å².